The summed E-state index contributed by atoms with van der Waals surface area (Å²) in [5, 5.41) is 0. The van der Waals surface area contributed by atoms with Crippen LogP contribution < -0.4 is 10.2 Å². The second-order valence-corrected chi connectivity index (χ2v) is 5.92. The van der Waals surface area contributed by atoms with Crippen LogP contribution >= 0.6 is 9.47 Å². The molecule has 0 aliphatic carbocycles. The Morgan fingerprint density at radius 1 is 1.16 bits per heavy atom. The molecule has 1 saturated heterocycles. The molecule has 2 rings (SSSR count). The Morgan fingerprint density at radius 3 is 2.37 bits per heavy atom. The van der Waals surface area contributed by atoms with Crippen LogP contribution in [0.5, 0.6) is 5.75 Å². The van der Waals surface area contributed by atoms with Gasteiger partial charge in [0.1, 0.15) is 5.75 Å². The van der Waals surface area contributed by atoms with Crippen LogP contribution in [0.3, 0.4) is 0 Å². The molecule has 0 N–H and O–H groups in total. The molecular formula is C13H20BO4P. The fourth-order valence-electron chi connectivity index (χ4n) is 1.83. The summed E-state index contributed by atoms with van der Waals surface area (Å²) < 4.78 is 22.2. The van der Waals surface area contributed by atoms with Crippen LogP contribution in [0.4, 0.5) is 0 Å². The molecule has 1 heterocycles. The highest BCUT2D eigenvalue weighted by Crippen LogP contribution is 2.36. The van der Waals surface area contributed by atoms with Crippen LogP contribution in [-0.2, 0) is 13.8 Å². The summed E-state index contributed by atoms with van der Waals surface area (Å²) in [6.45, 7) is 8.34. The van der Waals surface area contributed by atoms with E-state index in [9.17, 15) is 0 Å². The van der Waals surface area contributed by atoms with Gasteiger partial charge in [-0.3, -0.25) is 0 Å². The van der Waals surface area contributed by atoms with Gasteiger partial charge in [0.2, 0.25) is 0 Å². The quantitative estimate of drug-likeness (QED) is 0.481. The molecule has 1 atom stereocenters. The average molecular weight is 282 g/mol. The van der Waals surface area contributed by atoms with Crippen molar-refractivity contribution in [3.05, 3.63) is 24.3 Å². The number of hydrogen-bond donors (Lipinski definition) is 0. The van der Waals surface area contributed by atoms with Gasteiger partial charge in [-0.25, -0.2) is 0 Å². The molecule has 1 unspecified atom stereocenters. The van der Waals surface area contributed by atoms with Crippen molar-refractivity contribution < 1.29 is 18.6 Å². The minimum Gasteiger partial charge on any atom is -0.467 e. The molecule has 0 radical (unpaired) electrons. The van der Waals surface area contributed by atoms with Gasteiger partial charge in [0.15, 0.2) is 6.79 Å². The second-order valence-electron chi connectivity index (χ2n) is 5.59. The minimum absolute atomic E-state index is 0.192. The molecule has 0 bridgehead atoms. The number of benzene rings is 1. The van der Waals surface area contributed by atoms with E-state index >= 15 is 0 Å². The normalized spacial score (nSPS) is 20.6. The SMILES string of the molecule is CC1(C)OB(c2cccc(OCOP)c2)OC1(C)C. The zero-order valence-electron chi connectivity index (χ0n) is 11.8. The van der Waals surface area contributed by atoms with E-state index in [1.807, 2.05) is 52.0 Å². The molecule has 1 fully saturated rings. The molecule has 1 aliphatic rings. The van der Waals surface area contributed by atoms with Gasteiger partial charge in [-0.05, 0) is 45.3 Å². The highest BCUT2D eigenvalue weighted by Gasteiger charge is 2.51. The van der Waals surface area contributed by atoms with Gasteiger partial charge >= 0.3 is 7.12 Å². The maximum atomic E-state index is 6.00. The fraction of sp³-hybridized carbons (Fsp3) is 0.538. The zero-order chi connectivity index (χ0) is 14.1. The van der Waals surface area contributed by atoms with Gasteiger partial charge in [-0.1, -0.05) is 12.1 Å². The molecule has 0 aromatic heterocycles. The van der Waals surface area contributed by atoms with E-state index in [1.165, 1.54) is 0 Å². The molecule has 1 aromatic carbocycles. The van der Waals surface area contributed by atoms with Gasteiger partial charge in [0.05, 0.1) is 11.2 Å². The molecule has 1 aromatic rings. The van der Waals surface area contributed by atoms with Gasteiger partial charge in [-0.2, -0.15) is 0 Å². The average Bonchev–Trinajstić information content (AvgIpc) is 2.56. The zero-order valence-corrected chi connectivity index (χ0v) is 13.0. The molecule has 0 saturated carbocycles. The van der Waals surface area contributed by atoms with Crippen molar-refractivity contribution >= 4 is 22.0 Å². The number of hydrogen-bond acceptors (Lipinski definition) is 4. The van der Waals surface area contributed by atoms with E-state index < -0.39 is 0 Å². The third-order valence-electron chi connectivity index (χ3n) is 3.68. The molecule has 6 heteroatoms. The van der Waals surface area contributed by atoms with Crippen molar-refractivity contribution in [3.8, 4) is 5.75 Å². The second kappa shape index (κ2) is 5.41. The van der Waals surface area contributed by atoms with Crippen molar-refractivity contribution in [1.29, 1.82) is 0 Å². The molecule has 1 aliphatic heterocycles. The van der Waals surface area contributed by atoms with Crippen LogP contribution in [0.25, 0.3) is 0 Å². The predicted octanol–water partition coefficient (Wildman–Crippen LogP) is 2.13. The van der Waals surface area contributed by atoms with E-state index in [-0.39, 0.29) is 25.1 Å². The third-order valence-corrected chi connectivity index (χ3v) is 3.81. The lowest BCUT2D eigenvalue weighted by Crippen LogP contribution is -2.41. The van der Waals surface area contributed by atoms with Gasteiger partial charge < -0.3 is 18.6 Å². The van der Waals surface area contributed by atoms with Crippen molar-refractivity contribution in [2.45, 2.75) is 38.9 Å². The summed E-state index contributed by atoms with van der Waals surface area (Å²) in [4.78, 5) is 0. The highest BCUT2D eigenvalue weighted by molar-refractivity contribution is 7.09. The molecule has 4 nitrogen and oxygen atoms in total. The largest absolute Gasteiger partial charge is 0.494 e. The lowest BCUT2D eigenvalue weighted by molar-refractivity contribution is 0.00578. The van der Waals surface area contributed by atoms with E-state index in [0.717, 1.165) is 11.2 Å². The van der Waals surface area contributed by atoms with Crippen molar-refractivity contribution in [3.63, 3.8) is 0 Å². The van der Waals surface area contributed by atoms with Crippen molar-refractivity contribution in [2.24, 2.45) is 0 Å². The molecule has 0 amide bonds. The Morgan fingerprint density at radius 2 is 1.79 bits per heavy atom. The summed E-state index contributed by atoms with van der Waals surface area (Å²) >= 11 is 0. The van der Waals surface area contributed by atoms with E-state index in [0.29, 0.717) is 0 Å². The number of rotatable bonds is 4. The van der Waals surface area contributed by atoms with Crippen LogP contribution in [0.1, 0.15) is 27.7 Å². The highest BCUT2D eigenvalue weighted by atomic mass is 31.0. The van der Waals surface area contributed by atoms with Gasteiger partial charge in [-0.15, -0.1) is 0 Å². The molecule has 0 spiro atoms. The Kier molecular flexibility index (Phi) is 4.21. The maximum Gasteiger partial charge on any atom is 0.494 e. The maximum absolute atomic E-state index is 6.00. The lowest BCUT2D eigenvalue weighted by atomic mass is 9.79. The van der Waals surface area contributed by atoms with Crippen LogP contribution in [-0.4, -0.2) is 25.1 Å². The van der Waals surface area contributed by atoms with E-state index in [2.05, 4.69) is 9.47 Å². The first-order valence-corrected chi connectivity index (χ1v) is 6.73. The standard InChI is InChI=1S/C13H20BO4P/c1-12(2)13(3,4)18-14(17-12)10-6-5-7-11(8-10)15-9-16-19/h5-8H,9,19H2,1-4H3. The first-order valence-electron chi connectivity index (χ1n) is 6.26. The summed E-state index contributed by atoms with van der Waals surface area (Å²) in [6.07, 6.45) is 0. The fourth-order valence-corrected chi connectivity index (χ4v) is 1.90. The predicted molar refractivity (Wildman–Crippen MR) is 78.4 cm³/mol. The summed E-state index contributed by atoms with van der Waals surface area (Å²) in [7, 11) is 1.78. The van der Waals surface area contributed by atoms with Crippen LogP contribution in [0, 0.1) is 0 Å². The molecule has 104 valence electrons. The number of ether oxygens (including phenoxy) is 1. The Hall–Kier alpha value is -0.605. The van der Waals surface area contributed by atoms with Gasteiger partial charge in [0, 0.05) is 9.47 Å². The van der Waals surface area contributed by atoms with Crippen molar-refractivity contribution in [2.75, 3.05) is 6.79 Å². The first-order chi connectivity index (χ1) is 8.86. The first kappa shape index (κ1) is 14.8. The van der Waals surface area contributed by atoms with Crippen molar-refractivity contribution in [1.82, 2.24) is 0 Å². The Labute approximate surface area is 117 Å². The van der Waals surface area contributed by atoms with E-state index in [1.54, 1.807) is 0 Å². The van der Waals surface area contributed by atoms with E-state index in [4.69, 9.17) is 18.6 Å². The third kappa shape index (κ3) is 3.11. The Balaban J connectivity index is 2.15. The summed E-state index contributed by atoms with van der Waals surface area (Å²) in [5.41, 5.74) is 0.273. The lowest BCUT2D eigenvalue weighted by Gasteiger charge is -2.32. The summed E-state index contributed by atoms with van der Waals surface area (Å²) in [5.74, 6) is 0.731. The smallest absolute Gasteiger partial charge is 0.467 e. The topological polar surface area (TPSA) is 36.9 Å². The molecular weight excluding hydrogens is 262 g/mol. The summed E-state index contributed by atoms with van der Waals surface area (Å²) in [6, 6.07) is 7.67. The van der Waals surface area contributed by atoms with Crippen LogP contribution in [0.15, 0.2) is 24.3 Å². The van der Waals surface area contributed by atoms with Gasteiger partial charge in [0.25, 0.3) is 0 Å². The Bertz CT molecular complexity index is 434. The monoisotopic (exact) mass is 282 g/mol. The molecule has 19 heavy (non-hydrogen) atoms. The minimum atomic E-state index is -0.370. The van der Waals surface area contributed by atoms with Crippen LogP contribution in [0.2, 0.25) is 0 Å².